The molecule has 2 fully saturated rings. The molecule has 9 heteroatoms. The first-order valence-electron chi connectivity index (χ1n) is 15.9. The van der Waals surface area contributed by atoms with E-state index in [2.05, 4.69) is 11.4 Å². The van der Waals surface area contributed by atoms with Gasteiger partial charge in [0.2, 0.25) is 11.8 Å². The van der Waals surface area contributed by atoms with Crippen molar-refractivity contribution in [1.82, 2.24) is 15.2 Å². The first-order valence-corrected chi connectivity index (χ1v) is 15.9. The Bertz CT molecular complexity index is 1610. The summed E-state index contributed by atoms with van der Waals surface area (Å²) in [5, 5.41) is 3.87. The van der Waals surface area contributed by atoms with E-state index < -0.39 is 29.4 Å². The first kappa shape index (κ1) is 30.6. The van der Waals surface area contributed by atoms with E-state index in [0.29, 0.717) is 37.3 Å². The van der Waals surface area contributed by atoms with Crippen LogP contribution >= 0.6 is 0 Å². The molecule has 6 rings (SSSR count). The Morgan fingerprint density at radius 3 is 2.64 bits per heavy atom. The fraction of sp³-hybridized carbons (Fsp3) is 0.444. The van der Waals surface area contributed by atoms with Gasteiger partial charge in [-0.25, -0.2) is 9.78 Å². The second-order valence-electron chi connectivity index (χ2n) is 12.4. The van der Waals surface area contributed by atoms with Crippen LogP contribution in [0.5, 0.6) is 11.5 Å². The lowest BCUT2D eigenvalue weighted by atomic mass is 9.93. The van der Waals surface area contributed by atoms with Gasteiger partial charge < -0.3 is 24.4 Å². The summed E-state index contributed by atoms with van der Waals surface area (Å²) in [6.45, 7) is 2.61. The number of fused-ring (bicyclic) bond motifs is 3. The van der Waals surface area contributed by atoms with Gasteiger partial charge in [0.15, 0.2) is 0 Å². The number of carbonyl (C=O) groups is 3. The van der Waals surface area contributed by atoms with E-state index in [0.717, 1.165) is 41.4 Å². The molecule has 0 bridgehead atoms. The Balaban J connectivity index is 1.32. The molecule has 2 aromatic carbocycles. The minimum atomic E-state index is -1.09. The van der Waals surface area contributed by atoms with Crippen molar-refractivity contribution in [2.24, 2.45) is 17.8 Å². The molecule has 2 heterocycles. The standard InChI is InChI=1S/C36H41N3O6/c1-4-44-35(42)36-22-24(36)14-10-5-6-11-17-39(2)34(41)29-19-26(18-28(29)33(40)38-36)45-32-21-30(23-12-8-7-9-13-23)37-31-20-25(43-3)15-16-27(31)32/h7-10,12-16,20-21,24,26,28-29H,4-6,11,17-19,22H2,1-3H3,(H,38,40). The van der Waals surface area contributed by atoms with Crippen molar-refractivity contribution < 1.29 is 28.6 Å². The number of pyridine rings is 1. The van der Waals surface area contributed by atoms with Gasteiger partial charge in [-0.3, -0.25) is 9.59 Å². The highest BCUT2D eigenvalue weighted by atomic mass is 16.5. The number of esters is 1. The van der Waals surface area contributed by atoms with E-state index >= 15 is 0 Å². The summed E-state index contributed by atoms with van der Waals surface area (Å²) in [5.41, 5.74) is 1.33. The van der Waals surface area contributed by atoms with Crippen LogP contribution in [0.2, 0.25) is 0 Å². The van der Waals surface area contributed by atoms with Gasteiger partial charge in [-0.2, -0.15) is 0 Å². The highest BCUT2D eigenvalue weighted by molar-refractivity contribution is 5.95. The Labute approximate surface area is 263 Å². The zero-order valence-electron chi connectivity index (χ0n) is 26.2. The van der Waals surface area contributed by atoms with Crippen molar-refractivity contribution >= 4 is 28.7 Å². The molecule has 3 aromatic rings. The van der Waals surface area contributed by atoms with Crippen LogP contribution in [0.1, 0.15) is 45.4 Å². The smallest absolute Gasteiger partial charge is 0.332 e. The number of allylic oxidation sites excluding steroid dienone is 1. The third-order valence-corrected chi connectivity index (χ3v) is 9.38. The van der Waals surface area contributed by atoms with Crippen LogP contribution in [-0.4, -0.2) is 66.6 Å². The van der Waals surface area contributed by atoms with Crippen LogP contribution in [0.15, 0.2) is 66.7 Å². The molecule has 0 saturated heterocycles. The second-order valence-corrected chi connectivity index (χ2v) is 12.4. The minimum Gasteiger partial charge on any atom is -0.497 e. The zero-order valence-corrected chi connectivity index (χ0v) is 26.2. The summed E-state index contributed by atoms with van der Waals surface area (Å²) in [4.78, 5) is 47.6. The van der Waals surface area contributed by atoms with Gasteiger partial charge in [0.1, 0.15) is 23.1 Å². The SMILES string of the molecule is CCOC(=O)C12CC1C=CCCCCN(C)C(=O)C1CC(Oc3cc(-c4ccccc4)nc4cc(OC)ccc34)CC1C(=O)N2. The van der Waals surface area contributed by atoms with Gasteiger partial charge in [-0.05, 0) is 57.6 Å². The normalized spacial score (nSPS) is 26.8. The lowest BCUT2D eigenvalue weighted by molar-refractivity contribution is -0.150. The number of hydrogen-bond donors (Lipinski definition) is 1. The molecule has 5 unspecified atom stereocenters. The van der Waals surface area contributed by atoms with Gasteiger partial charge in [-0.15, -0.1) is 0 Å². The summed E-state index contributed by atoms with van der Waals surface area (Å²) >= 11 is 0. The monoisotopic (exact) mass is 611 g/mol. The Hall–Kier alpha value is -4.40. The largest absolute Gasteiger partial charge is 0.497 e. The fourth-order valence-corrected chi connectivity index (χ4v) is 6.77. The number of nitrogens with one attached hydrogen (secondary N) is 1. The number of aromatic nitrogens is 1. The number of ether oxygens (including phenoxy) is 3. The quantitative estimate of drug-likeness (QED) is 0.297. The van der Waals surface area contributed by atoms with Crippen LogP contribution in [0.25, 0.3) is 22.2 Å². The maximum absolute atomic E-state index is 14.0. The van der Waals surface area contributed by atoms with Crippen LogP contribution in [0, 0.1) is 17.8 Å². The van der Waals surface area contributed by atoms with Crippen molar-refractivity contribution in [1.29, 1.82) is 0 Å². The number of hydrogen-bond acceptors (Lipinski definition) is 7. The van der Waals surface area contributed by atoms with Crippen LogP contribution in [0.3, 0.4) is 0 Å². The average Bonchev–Trinajstić information content (AvgIpc) is 3.59. The van der Waals surface area contributed by atoms with E-state index in [9.17, 15) is 14.4 Å². The Morgan fingerprint density at radius 1 is 1.07 bits per heavy atom. The lowest BCUT2D eigenvalue weighted by Crippen LogP contribution is -2.50. The number of nitrogens with zero attached hydrogens (tertiary/aromatic N) is 2. The molecule has 45 heavy (non-hydrogen) atoms. The van der Waals surface area contributed by atoms with Crippen molar-refractivity contribution in [2.45, 2.75) is 57.1 Å². The van der Waals surface area contributed by atoms with Gasteiger partial charge in [-0.1, -0.05) is 42.5 Å². The highest BCUT2D eigenvalue weighted by Crippen LogP contribution is 2.47. The number of amides is 2. The molecule has 0 spiro atoms. The molecule has 1 aromatic heterocycles. The third-order valence-electron chi connectivity index (χ3n) is 9.38. The average molecular weight is 612 g/mol. The third kappa shape index (κ3) is 6.26. The predicted molar refractivity (Wildman–Crippen MR) is 171 cm³/mol. The summed E-state index contributed by atoms with van der Waals surface area (Å²) in [6.07, 6.45) is 7.58. The van der Waals surface area contributed by atoms with E-state index in [4.69, 9.17) is 19.2 Å². The molecule has 9 nitrogen and oxygen atoms in total. The van der Waals surface area contributed by atoms with Gasteiger partial charge in [0, 0.05) is 42.6 Å². The van der Waals surface area contributed by atoms with E-state index in [1.54, 1.807) is 26.0 Å². The predicted octanol–water partition coefficient (Wildman–Crippen LogP) is 5.32. The Kier molecular flexibility index (Phi) is 8.79. The number of rotatable bonds is 6. The summed E-state index contributed by atoms with van der Waals surface area (Å²) in [5.74, 6) is -0.811. The first-order chi connectivity index (χ1) is 21.8. The second kappa shape index (κ2) is 12.9. The summed E-state index contributed by atoms with van der Waals surface area (Å²) < 4.78 is 17.6. The highest BCUT2D eigenvalue weighted by Gasteiger charge is 2.62. The van der Waals surface area contributed by atoms with Gasteiger partial charge >= 0.3 is 5.97 Å². The fourth-order valence-electron chi connectivity index (χ4n) is 6.77. The molecule has 5 atom stereocenters. The molecule has 2 amide bonds. The van der Waals surface area contributed by atoms with Crippen molar-refractivity contribution in [3.8, 4) is 22.8 Å². The van der Waals surface area contributed by atoms with Crippen molar-refractivity contribution in [3.63, 3.8) is 0 Å². The van der Waals surface area contributed by atoms with Crippen LogP contribution < -0.4 is 14.8 Å². The summed E-state index contributed by atoms with van der Waals surface area (Å²) in [6, 6.07) is 17.5. The van der Waals surface area contributed by atoms with E-state index in [1.807, 2.05) is 60.7 Å². The van der Waals surface area contributed by atoms with E-state index in [-0.39, 0.29) is 24.3 Å². The van der Waals surface area contributed by atoms with Crippen molar-refractivity contribution in [3.05, 3.63) is 66.7 Å². The number of benzene rings is 2. The van der Waals surface area contributed by atoms with Crippen LogP contribution in [-0.2, 0) is 19.1 Å². The number of methoxy groups -OCH3 is 1. The maximum atomic E-state index is 14.0. The van der Waals surface area contributed by atoms with E-state index in [1.165, 1.54) is 0 Å². The lowest BCUT2D eigenvalue weighted by Gasteiger charge is -2.26. The number of carbonyl (C=O) groups excluding carboxylic acids is 3. The minimum absolute atomic E-state index is 0.0688. The van der Waals surface area contributed by atoms with Crippen molar-refractivity contribution in [2.75, 3.05) is 27.3 Å². The molecule has 2 saturated carbocycles. The molecule has 1 aliphatic heterocycles. The molecule has 3 aliphatic rings. The molecule has 1 N–H and O–H groups in total. The molecule has 0 radical (unpaired) electrons. The molecular formula is C36H41N3O6. The topological polar surface area (TPSA) is 107 Å². The molecular weight excluding hydrogens is 570 g/mol. The van der Waals surface area contributed by atoms with Gasteiger partial charge in [0.05, 0.1) is 36.8 Å². The molecule has 236 valence electrons. The van der Waals surface area contributed by atoms with Gasteiger partial charge in [0.25, 0.3) is 0 Å². The summed E-state index contributed by atoms with van der Waals surface area (Å²) in [7, 11) is 3.42. The zero-order chi connectivity index (χ0) is 31.6. The molecule has 2 aliphatic carbocycles. The Morgan fingerprint density at radius 2 is 1.87 bits per heavy atom. The van der Waals surface area contributed by atoms with Crippen LogP contribution in [0.4, 0.5) is 0 Å². The maximum Gasteiger partial charge on any atom is 0.332 e.